The number of benzene rings is 2. The van der Waals surface area contributed by atoms with Crippen molar-refractivity contribution in [2.24, 2.45) is 4.99 Å². The van der Waals surface area contributed by atoms with Gasteiger partial charge in [-0.2, -0.15) is 0 Å². The lowest BCUT2D eigenvalue weighted by atomic mass is 10.1. The van der Waals surface area contributed by atoms with Crippen LogP contribution in [0.4, 0.5) is 10.1 Å². The molecule has 6 nitrogen and oxygen atoms in total. The van der Waals surface area contributed by atoms with Crippen molar-refractivity contribution in [1.29, 1.82) is 0 Å². The highest BCUT2D eigenvalue weighted by molar-refractivity contribution is 5.93. The van der Waals surface area contributed by atoms with Crippen LogP contribution < -0.4 is 20.1 Å². The predicted molar refractivity (Wildman–Crippen MR) is 103 cm³/mol. The fourth-order valence-corrected chi connectivity index (χ4v) is 2.75. The van der Waals surface area contributed by atoms with Gasteiger partial charge in [0.2, 0.25) is 0 Å². The molecule has 0 spiro atoms. The largest absolute Gasteiger partial charge is 0.490 e. The first-order chi connectivity index (χ1) is 13.2. The molecule has 0 saturated carbocycles. The normalized spacial score (nSPS) is 13.8. The second kappa shape index (κ2) is 9.23. The maximum Gasteiger partial charge on any atom is 0.195 e. The molecule has 2 aromatic carbocycles. The van der Waals surface area contributed by atoms with Crippen molar-refractivity contribution < 1.29 is 18.6 Å². The lowest BCUT2D eigenvalue weighted by molar-refractivity contribution is 0.181. The molecular weight excluding hydrogens is 349 g/mol. The van der Waals surface area contributed by atoms with Crippen LogP contribution in [0, 0.1) is 5.82 Å². The minimum Gasteiger partial charge on any atom is -0.490 e. The van der Waals surface area contributed by atoms with Crippen LogP contribution in [0.25, 0.3) is 0 Å². The molecule has 1 heterocycles. The van der Waals surface area contributed by atoms with E-state index in [9.17, 15) is 4.39 Å². The van der Waals surface area contributed by atoms with Crippen LogP contribution in [-0.2, 0) is 17.9 Å². The summed E-state index contributed by atoms with van der Waals surface area (Å²) >= 11 is 0. The molecule has 27 heavy (non-hydrogen) atoms. The SMILES string of the molecule is CN=C(NCc1ccc(F)c(COC)c1)Nc1ccc2c(c1)OCCCO2. The van der Waals surface area contributed by atoms with Crippen molar-refractivity contribution in [3.8, 4) is 11.5 Å². The van der Waals surface area contributed by atoms with Gasteiger partial charge in [0.05, 0.1) is 19.8 Å². The van der Waals surface area contributed by atoms with Crippen LogP contribution in [-0.4, -0.2) is 33.3 Å². The Morgan fingerprint density at radius 1 is 1.15 bits per heavy atom. The van der Waals surface area contributed by atoms with Gasteiger partial charge in [-0.1, -0.05) is 6.07 Å². The molecule has 0 atom stereocenters. The zero-order chi connectivity index (χ0) is 19.1. The fraction of sp³-hybridized carbons (Fsp3) is 0.350. The maximum absolute atomic E-state index is 13.7. The first-order valence-corrected chi connectivity index (χ1v) is 8.83. The van der Waals surface area contributed by atoms with Gasteiger partial charge in [-0.05, 0) is 29.8 Å². The van der Waals surface area contributed by atoms with Crippen molar-refractivity contribution in [3.63, 3.8) is 0 Å². The third kappa shape index (κ3) is 5.10. The van der Waals surface area contributed by atoms with E-state index in [1.807, 2.05) is 18.2 Å². The molecule has 1 aliphatic heterocycles. The van der Waals surface area contributed by atoms with E-state index in [1.165, 1.54) is 6.07 Å². The average Bonchev–Trinajstić information content (AvgIpc) is 2.92. The Bertz CT molecular complexity index is 811. The van der Waals surface area contributed by atoms with Crippen LogP contribution in [0.2, 0.25) is 0 Å². The number of hydrogen-bond acceptors (Lipinski definition) is 4. The lowest BCUT2D eigenvalue weighted by Gasteiger charge is -2.14. The van der Waals surface area contributed by atoms with Gasteiger partial charge in [0.25, 0.3) is 0 Å². The van der Waals surface area contributed by atoms with Crippen LogP contribution >= 0.6 is 0 Å². The number of aliphatic imine (C=N–C) groups is 1. The van der Waals surface area contributed by atoms with Crippen LogP contribution in [0.1, 0.15) is 17.5 Å². The summed E-state index contributed by atoms with van der Waals surface area (Å²) in [5.74, 6) is 1.80. The number of halogens is 1. The lowest BCUT2D eigenvalue weighted by Crippen LogP contribution is -2.30. The topological polar surface area (TPSA) is 64.1 Å². The Morgan fingerprint density at radius 2 is 1.96 bits per heavy atom. The summed E-state index contributed by atoms with van der Waals surface area (Å²) in [6.07, 6.45) is 0.864. The predicted octanol–water partition coefficient (Wildman–Crippen LogP) is 3.32. The molecule has 0 amide bonds. The molecule has 3 rings (SSSR count). The summed E-state index contributed by atoms with van der Waals surface area (Å²) < 4.78 is 30.1. The van der Waals surface area contributed by atoms with Crippen molar-refractivity contribution in [2.45, 2.75) is 19.6 Å². The van der Waals surface area contributed by atoms with Gasteiger partial charge in [0.1, 0.15) is 5.82 Å². The van der Waals surface area contributed by atoms with Gasteiger partial charge in [-0.3, -0.25) is 4.99 Å². The highest BCUT2D eigenvalue weighted by Gasteiger charge is 2.11. The van der Waals surface area contributed by atoms with E-state index in [1.54, 1.807) is 26.3 Å². The number of ether oxygens (including phenoxy) is 3. The fourth-order valence-electron chi connectivity index (χ4n) is 2.75. The Morgan fingerprint density at radius 3 is 2.74 bits per heavy atom. The van der Waals surface area contributed by atoms with Gasteiger partial charge in [-0.15, -0.1) is 0 Å². The van der Waals surface area contributed by atoms with Gasteiger partial charge in [0, 0.05) is 44.4 Å². The summed E-state index contributed by atoms with van der Waals surface area (Å²) in [7, 11) is 3.24. The average molecular weight is 373 g/mol. The molecule has 144 valence electrons. The van der Waals surface area contributed by atoms with Gasteiger partial charge < -0.3 is 24.8 Å². The molecule has 0 saturated heterocycles. The highest BCUT2D eigenvalue weighted by Crippen LogP contribution is 2.32. The maximum atomic E-state index is 13.7. The van der Waals surface area contributed by atoms with E-state index >= 15 is 0 Å². The molecular formula is C20H24FN3O3. The number of nitrogens with one attached hydrogen (secondary N) is 2. The number of fused-ring (bicyclic) bond motifs is 1. The molecule has 0 aliphatic carbocycles. The molecule has 2 aromatic rings. The molecule has 0 bridgehead atoms. The first kappa shape index (κ1) is 19.0. The van der Waals surface area contributed by atoms with E-state index in [4.69, 9.17) is 14.2 Å². The standard InChI is InChI=1S/C20H24FN3O3/c1-22-20(23-12-14-4-6-17(21)15(10-14)13-25-2)24-16-5-7-18-19(11-16)27-9-3-8-26-18/h4-7,10-11H,3,8-9,12-13H2,1-2H3,(H2,22,23,24). The number of hydrogen-bond donors (Lipinski definition) is 2. The van der Waals surface area contributed by atoms with E-state index in [0.717, 1.165) is 29.2 Å². The van der Waals surface area contributed by atoms with E-state index in [2.05, 4.69) is 15.6 Å². The second-order valence-corrected chi connectivity index (χ2v) is 6.12. The Kier molecular flexibility index (Phi) is 6.49. The number of nitrogens with zero attached hydrogens (tertiary/aromatic N) is 1. The van der Waals surface area contributed by atoms with Crippen LogP contribution in [0.15, 0.2) is 41.4 Å². The van der Waals surface area contributed by atoms with Crippen molar-refractivity contribution in [1.82, 2.24) is 5.32 Å². The smallest absolute Gasteiger partial charge is 0.195 e. The van der Waals surface area contributed by atoms with E-state index in [0.29, 0.717) is 31.3 Å². The molecule has 2 N–H and O–H groups in total. The third-order valence-corrected chi connectivity index (χ3v) is 4.10. The van der Waals surface area contributed by atoms with Crippen molar-refractivity contribution in [3.05, 3.63) is 53.3 Å². The Labute approximate surface area is 158 Å². The van der Waals surface area contributed by atoms with Gasteiger partial charge in [0.15, 0.2) is 17.5 Å². The summed E-state index contributed by atoms with van der Waals surface area (Å²) in [5, 5.41) is 6.44. The van der Waals surface area contributed by atoms with Crippen molar-refractivity contribution >= 4 is 11.6 Å². The van der Waals surface area contributed by atoms with E-state index < -0.39 is 0 Å². The molecule has 0 fully saturated rings. The molecule has 0 unspecified atom stereocenters. The minimum atomic E-state index is -0.268. The van der Waals surface area contributed by atoms with Crippen LogP contribution in [0.3, 0.4) is 0 Å². The number of guanidine groups is 1. The zero-order valence-electron chi connectivity index (χ0n) is 15.5. The summed E-state index contributed by atoms with van der Waals surface area (Å²) in [4.78, 5) is 4.23. The summed E-state index contributed by atoms with van der Waals surface area (Å²) in [6, 6.07) is 10.7. The van der Waals surface area contributed by atoms with Gasteiger partial charge >= 0.3 is 0 Å². The monoisotopic (exact) mass is 373 g/mol. The zero-order valence-corrected chi connectivity index (χ0v) is 15.5. The van der Waals surface area contributed by atoms with E-state index in [-0.39, 0.29) is 12.4 Å². The summed E-state index contributed by atoms with van der Waals surface area (Å²) in [6.45, 7) is 2.04. The molecule has 7 heteroatoms. The molecule has 1 aliphatic rings. The Balaban J connectivity index is 1.63. The third-order valence-electron chi connectivity index (χ3n) is 4.10. The molecule has 0 aromatic heterocycles. The molecule has 0 radical (unpaired) electrons. The Hall–Kier alpha value is -2.80. The van der Waals surface area contributed by atoms with Crippen LogP contribution in [0.5, 0.6) is 11.5 Å². The van der Waals surface area contributed by atoms with Gasteiger partial charge in [-0.25, -0.2) is 4.39 Å². The number of anilines is 1. The summed E-state index contributed by atoms with van der Waals surface area (Å²) in [5.41, 5.74) is 2.30. The quantitative estimate of drug-likeness (QED) is 0.622. The first-order valence-electron chi connectivity index (χ1n) is 8.83. The minimum absolute atomic E-state index is 0.240. The highest BCUT2D eigenvalue weighted by atomic mass is 19.1. The number of rotatable bonds is 5. The van der Waals surface area contributed by atoms with Crippen molar-refractivity contribution in [2.75, 3.05) is 32.7 Å². The second-order valence-electron chi connectivity index (χ2n) is 6.12. The number of methoxy groups -OCH3 is 1.